The van der Waals surface area contributed by atoms with Gasteiger partial charge in [-0.15, -0.1) is 11.3 Å². The van der Waals surface area contributed by atoms with Crippen LogP contribution in [0.2, 0.25) is 0 Å². The van der Waals surface area contributed by atoms with Crippen molar-refractivity contribution >= 4 is 22.4 Å². The number of nitrogens with zero attached hydrogens (tertiary/aromatic N) is 3. The molecule has 7 heteroatoms. The van der Waals surface area contributed by atoms with E-state index in [0.717, 1.165) is 10.6 Å². The van der Waals surface area contributed by atoms with Gasteiger partial charge in [0.25, 0.3) is 5.91 Å². The van der Waals surface area contributed by atoms with Crippen LogP contribution in [0.15, 0.2) is 36.7 Å². The average molecular weight is 330 g/mol. The van der Waals surface area contributed by atoms with Gasteiger partial charge in [-0.3, -0.25) is 10.1 Å². The van der Waals surface area contributed by atoms with E-state index in [1.165, 1.54) is 29.7 Å². The highest BCUT2D eigenvalue weighted by Gasteiger charge is 2.18. The van der Waals surface area contributed by atoms with Gasteiger partial charge in [0.1, 0.15) is 5.82 Å². The van der Waals surface area contributed by atoms with Crippen molar-refractivity contribution in [2.45, 2.75) is 20.3 Å². The van der Waals surface area contributed by atoms with Crippen molar-refractivity contribution in [3.05, 3.63) is 58.6 Å². The molecule has 0 aliphatic carbocycles. The van der Waals surface area contributed by atoms with Gasteiger partial charge in [0.05, 0.1) is 23.1 Å². The van der Waals surface area contributed by atoms with E-state index in [-0.39, 0.29) is 11.7 Å². The fraction of sp³-hybridized carbons (Fsp3) is 0.188. The van der Waals surface area contributed by atoms with Crippen LogP contribution in [0.5, 0.6) is 0 Å². The Morgan fingerprint density at radius 1 is 1.30 bits per heavy atom. The average Bonchev–Trinajstić information content (AvgIpc) is 3.14. The number of hydrogen-bond acceptors (Lipinski definition) is 4. The molecule has 0 aliphatic heterocycles. The second-order valence-electron chi connectivity index (χ2n) is 4.98. The predicted molar refractivity (Wildman–Crippen MR) is 87.7 cm³/mol. The van der Waals surface area contributed by atoms with Gasteiger partial charge in [0, 0.05) is 11.1 Å². The van der Waals surface area contributed by atoms with Crippen molar-refractivity contribution in [3.63, 3.8) is 0 Å². The second-order valence-corrected chi connectivity index (χ2v) is 6.21. The molecule has 1 aromatic carbocycles. The molecule has 3 aromatic rings. The molecule has 0 radical (unpaired) electrons. The third kappa shape index (κ3) is 3.14. The molecule has 0 bridgehead atoms. The molecule has 2 aromatic heterocycles. The van der Waals surface area contributed by atoms with E-state index in [1.807, 2.05) is 13.8 Å². The summed E-state index contributed by atoms with van der Waals surface area (Å²) in [6.07, 6.45) is 3.86. The standard InChI is InChI=1S/C16H15FN4OS/c1-3-14-13(15(22)20-16-18-8-10(2)23-16)9-19-21(14)12-6-4-11(17)5-7-12/h4-9H,3H2,1-2H3,(H,18,20,22). The number of aromatic nitrogens is 3. The number of amides is 1. The van der Waals surface area contributed by atoms with E-state index < -0.39 is 0 Å². The number of halogens is 1. The zero-order valence-electron chi connectivity index (χ0n) is 12.7. The molecule has 0 aliphatic rings. The first kappa shape index (κ1) is 15.4. The Hall–Kier alpha value is -2.54. The highest BCUT2D eigenvalue weighted by atomic mass is 32.1. The fourth-order valence-corrected chi connectivity index (χ4v) is 2.94. The Balaban J connectivity index is 1.91. The summed E-state index contributed by atoms with van der Waals surface area (Å²) in [6.45, 7) is 3.87. The molecule has 1 amide bonds. The summed E-state index contributed by atoms with van der Waals surface area (Å²) in [5.74, 6) is -0.555. The predicted octanol–water partition coefficient (Wildman–Crippen LogP) is 3.59. The monoisotopic (exact) mass is 330 g/mol. The van der Waals surface area contributed by atoms with Crippen LogP contribution >= 0.6 is 11.3 Å². The minimum atomic E-state index is -0.309. The highest BCUT2D eigenvalue weighted by Crippen LogP contribution is 2.20. The molecule has 118 valence electrons. The summed E-state index contributed by atoms with van der Waals surface area (Å²) in [7, 11) is 0. The molecule has 3 rings (SSSR count). The number of thiazole rings is 1. The van der Waals surface area contributed by atoms with Gasteiger partial charge in [0.2, 0.25) is 0 Å². The Morgan fingerprint density at radius 3 is 2.65 bits per heavy atom. The van der Waals surface area contributed by atoms with Gasteiger partial charge in [-0.2, -0.15) is 5.10 Å². The second kappa shape index (κ2) is 6.29. The topological polar surface area (TPSA) is 59.8 Å². The lowest BCUT2D eigenvalue weighted by atomic mass is 10.2. The molecule has 23 heavy (non-hydrogen) atoms. The Bertz CT molecular complexity index is 838. The fourth-order valence-electron chi connectivity index (χ4n) is 2.29. The van der Waals surface area contributed by atoms with Crippen LogP contribution in [-0.4, -0.2) is 20.7 Å². The molecule has 1 N–H and O–H groups in total. The minimum absolute atomic E-state index is 0.246. The zero-order chi connectivity index (χ0) is 16.4. The Morgan fingerprint density at radius 2 is 2.04 bits per heavy atom. The van der Waals surface area contributed by atoms with E-state index in [1.54, 1.807) is 23.0 Å². The van der Waals surface area contributed by atoms with Crippen molar-refractivity contribution < 1.29 is 9.18 Å². The van der Waals surface area contributed by atoms with Crippen LogP contribution in [0.1, 0.15) is 27.9 Å². The number of nitrogens with one attached hydrogen (secondary N) is 1. The maximum Gasteiger partial charge on any atom is 0.260 e. The summed E-state index contributed by atoms with van der Waals surface area (Å²) >= 11 is 1.42. The van der Waals surface area contributed by atoms with E-state index in [4.69, 9.17) is 0 Å². The summed E-state index contributed by atoms with van der Waals surface area (Å²) in [6, 6.07) is 6.00. The molecule has 2 heterocycles. The van der Waals surface area contributed by atoms with Gasteiger partial charge in [-0.05, 0) is 37.6 Å². The van der Waals surface area contributed by atoms with Gasteiger partial charge in [-0.1, -0.05) is 6.92 Å². The van der Waals surface area contributed by atoms with E-state index in [0.29, 0.717) is 22.8 Å². The van der Waals surface area contributed by atoms with Crippen molar-refractivity contribution in [1.29, 1.82) is 0 Å². The molecule has 0 unspecified atom stereocenters. The summed E-state index contributed by atoms with van der Waals surface area (Å²) in [5, 5.41) is 7.61. The number of hydrogen-bond donors (Lipinski definition) is 1. The van der Waals surface area contributed by atoms with Gasteiger partial charge in [0.15, 0.2) is 5.13 Å². The van der Waals surface area contributed by atoms with Crippen LogP contribution in [0.4, 0.5) is 9.52 Å². The molecule has 0 fully saturated rings. The third-order valence-electron chi connectivity index (χ3n) is 3.36. The maximum absolute atomic E-state index is 13.1. The van der Waals surface area contributed by atoms with E-state index in [2.05, 4.69) is 15.4 Å². The first-order valence-corrected chi connectivity index (χ1v) is 7.96. The quantitative estimate of drug-likeness (QED) is 0.795. The number of rotatable bonds is 4. The SMILES string of the molecule is CCc1c(C(=O)Nc2ncc(C)s2)cnn1-c1ccc(F)cc1. The summed E-state index contributed by atoms with van der Waals surface area (Å²) < 4.78 is 14.7. The third-order valence-corrected chi connectivity index (χ3v) is 4.19. The van der Waals surface area contributed by atoms with Gasteiger partial charge in [-0.25, -0.2) is 14.1 Å². The van der Waals surface area contributed by atoms with Crippen LogP contribution in [0.3, 0.4) is 0 Å². The number of carbonyl (C=O) groups excluding carboxylic acids is 1. The number of aryl methyl sites for hydroxylation is 1. The summed E-state index contributed by atoms with van der Waals surface area (Å²) in [4.78, 5) is 17.6. The first-order valence-electron chi connectivity index (χ1n) is 7.15. The van der Waals surface area contributed by atoms with Crippen LogP contribution in [-0.2, 0) is 6.42 Å². The van der Waals surface area contributed by atoms with Crippen molar-refractivity contribution in [1.82, 2.24) is 14.8 Å². The molecule has 0 saturated carbocycles. The zero-order valence-corrected chi connectivity index (χ0v) is 13.5. The number of anilines is 1. The van der Waals surface area contributed by atoms with E-state index in [9.17, 15) is 9.18 Å². The normalized spacial score (nSPS) is 10.7. The molecule has 0 atom stereocenters. The van der Waals surface area contributed by atoms with Crippen LogP contribution in [0, 0.1) is 12.7 Å². The smallest absolute Gasteiger partial charge is 0.260 e. The molecule has 0 saturated heterocycles. The summed E-state index contributed by atoms with van der Waals surface area (Å²) in [5.41, 5.74) is 1.97. The van der Waals surface area contributed by atoms with Crippen molar-refractivity contribution in [3.8, 4) is 5.69 Å². The lowest BCUT2D eigenvalue weighted by Crippen LogP contribution is -2.14. The van der Waals surface area contributed by atoms with Crippen molar-refractivity contribution in [2.24, 2.45) is 0 Å². The highest BCUT2D eigenvalue weighted by molar-refractivity contribution is 7.15. The van der Waals surface area contributed by atoms with Gasteiger partial charge < -0.3 is 0 Å². The Labute approximate surface area is 136 Å². The molecule has 5 nitrogen and oxygen atoms in total. The number of benzene rings is 1. The minimum Gasteiger partial charge on any atom is -0.298 e. The van der Waals surface area contributed by atoms with Crippen LogP contribution < -0.4 is 5.32 Å². The molecule has 0 spiro atoms. The van der Waals surface area contributed by atoms with Crippen molar-refractivity contribution in [2.75, 3.05) is 5.32 Å². The van der Waals surface area contributed by atoms with E-state index >= 15 is 0 Å². The first-order chi connectivity index (χ1) is 11.1. The molecular formula is C16H15FN4OS. The maximum atomic E-state index is 13.1. The molecular weight excluding hydrogens is 315 g/mol. The largest absolute Gasteiger partial charge is 0.298 e. The van der Waals surface area contributed by atoms with Crippen LogP contribution in [0.25, 0.3) is 5.69 Å². The number of carbonyl (C=O) groups is 1. The lowest BCUT2D eigenvalue weighted by molar-refractivity contribution is 0.102. The van der Waals surface area contributed by atoms with Gasteiger partial charge >= 0.3 is 0 Å². The lowest BCUT2D eigenvalue weighted by Gasteiger charge is -2.07. The Kier molecular flexibility index (Phi) is 4.20.